The van der Waals surface area contributed by atoms with Crippen molar-refractivity contribution in [3.63, 3.8) is 0 Å². The van der Waals surface area contributed by atoms with Crippen molar-refractivity contribution in [2.45, 2.75) is 47.0 Å². The first-order valence-corrected chi connectivity index (χ1v) is 14.6. The molecule has 0 spiro atoms. The summed E-state index contributed by atoms with van der Waals surface area (Å²) in [6.45, 7) is 12.7. The number of aliphatic hydroxyl groups excluding tert-OH is 1. The molecule has 4 rings (SSSR count). The van der Waals surface area contributed by atoms with Crippen molar-refractivity contribution in [2.75, 3.05) is 51.8 Å². The number of rotatable bonds is 10. The number of hydrogen-bond acceptors (Lipinski definition) is 6. The summed E-state index contributed by atoms with van der Waals surface area (Å²) in [5.41, 5.74) is 8.84. The van der Waals surface area contributed by atoms with Gasteiger partial charge in [0.15, 0.2) is 0 Å². The number of benzene rings is 1. The van der Waals surface area contributed by atoms with E-state index in [0.717, 1.165) is 72.8 Å². The molecule has 0 aromatic heterocycles. The largest absolute Gasteiger partial charge is 0.396 e. The molecule has 0 atom stereocenters. The minimum absolute atomic E-state index is 0.0252. The molecule has 3 aliphatic heterocycles. The molecule has 1 aromatic rings. The summed E-state index contributed by atoms with van der Waals surface area (Å²) in [4.78, 5) is 24.6. The van der Waals surface area contributed by atoms with Crippen LogP contribution < -0.4 is 5.32 Å². The first kappa shape index (κ1) is 30.4. The van der Waals surface area contributed by atoms with E-state index in [1.54, 1.807) is 4.90 Å². The molecular formula is C33H45N5O3. The van der Waals surface area contributed by atoms with Gasteiger partial charge >= 0.3 is 6.03 Å². The van der Waals surface area contributed by atoms with E-state index in [9.17, 15) is 4.79 Å². The molecule has 1 aromatic carbocycles. The van der Waals surface area contributed by atoms with Gasteiger partial charge in [0, 0.05) is 43.2 Å². The van der Waals surface area contributed by atoms with E-state index in [4.69, 9.17) is 9.94 Å². The molecule has 0 saturated carbocycles. The van der Waals surface area contributed by atoms with Gasteiger partial charge in [-0.3, -0.25) is 0 Å². The van der Waals surface area contributed by atoms with Gasteiger partial charge in [0.05, 0.1) is 23.7 Å². The Morgan fingerprint density at radius 2 is 2.05 bits per heavy atom. The van der Waals surface area contributed by atoms with Crippen molar-refractivity contribution < 1.29 is 14.7 Å². The van der Waals surface area contributed by atoms with Gasteiger partial charge in [-0.15, -0.1) is 0 Å². The molecule has 3 heterocycles. The maximum Gasteiger partial charge on any atom is 0.321 e. The molecule has 2 N–H and O–H groups in total. The first-order valence-electron chi connectivity index (χ1n) is 14.6. The zero-order valence-electron chi connectivity index (χ0n) is 25.2. The third-order valence-corrected chi connectivity index (χ3v) is 7.51. The summed E-state index contributed by atoms with van der Waals surface area (Å²) >= 11 is 0. The molecule has 0 radical (unpaired) electrons. The predicted molar refractivity (Wildman–Crippen MR) is 166 cm³/mol. The number of urea groups is 1. The second-order valence-corrected chi connectivity index (χ2v) is 12.3. The fourth-order valence-electron chi connectivity index (χ4n) is 5.38. The highest BCUT2D eigenvalue weighted by Crippen LogP contribution is 2.32. The highest BCUT2D eigenvalue weighted by Gasteiger charge is 2.21. The molecular weight excluding hydrogens is 514 g/mol. The van der Waals surface area contributed by atoms with E-state index in [2.05, 4.69) is 52.9 Å². The fraction of sp³-hybridized carbons (Fsp3) is 0.485. The van der Waals surface area contributed by atoms with Gasteiger partial charge in [-0.2, -0.15) is 0 Å². The quantitative estimate of drug-likeness (QED) is 0.163. The minimum Gasteiger partial charge on any atom is -0.396 e. The Morgan fingerprint density at radius 3 is 2.78 bits per heavy atom. The van der Waals surface area contributed by atoms with E-state index in [-0.39, 0.29) is 18.1 Å². The van der Waals surface area contributed by atoms with Crippen LogP contribution in [0.4, 0.5) is 10.5 Å². The molecule has 1 saturated heterocycles. The van der Waals surface area contributed by atoms with Gasteiger partial charge in [-0.25, -0.2) is 4.79 Å². The van der Waals surface area contributed by atoms with E-state index >= 15 is 0 Å². The van der Waals surface area contributed by atoms with Crippen LogP contribution in [0.5, 0.6) is 0 Å². The predicted octanol–water partition coefficient (Wildman–Crippen LogP) is 5.83. The van der Waals surface area contributed by atoms with Crippen LogP contribution in [0.15, 0.2) is 76.9 Å². The molecule has 2 amide bonds. The van der Waals surface area contributed by atoms with Crippen molar-refractivity contribution in [2.24, 2.45) is 16.5 Å². The van der Waals surface area contributed by atoms with Crippen LogP contribution in [0.2, 0.25) is 0 Å². The smallest absolute Gasteiger partial charge is 0.321 e. The number of nitrogens with zero attached hydrogens (tertiary/aromatic N) is 4. The van der Waals surface area contributed by atoms with Crippen LogP contribution in [0.3, 0.4) is 0 Å². The summed E-state index contributed by atoms with van der Waals surface area (Å²) in [6.07, 6.45) is 13.4. The topological polar surface area (TPSA) is 80.6 Å². The SMILES string of the molecule is CC(=NOCCC1CCN(CCO)CC1)C1=CC2=C=CC=C(c3cccc(NC(=O)N(C)CC(C)(C)C)c3)N2C=C1. The number of carbonyl (C=O) groups excluding carboxylic acids is 1. The lowest BCUT2D eigenvalue weighted by atomic mass is 9.94. The van der Waals surface area contributed by atoms with Crippen LogP contribution in [-0.2, 0) is 4.84 Å². The van der Waals surface area contributed by atoms with Crippen LogP contribution in [0, 0.1) is 11.3 Å². The number of likely N-dealkylation sites (tertiary alicyclic amines) is 1. The number of anilines is 1. The normalized spacial score (nSPS) is 18.0. The molecule has 3 aliphatic rings. The summed E-state index contributed by atoms with van der Waals surface area (Å²) in [7, 11) is 1.82. The molecule has 0 unspecified atom stereocenters. The highest BCUT2D eigenvalue weighted by molar-refractivity contribution is 6.01. The number of β-amino-alcohol motifs (C(OH)–C–C–N with tert-alkyl or cyclic N) is 1. The van der Waals surface area contributed by atoms with Crippen molar-refractivity contribution in [3.05, 3.63) is 77.3 Å². The summed E-state index contributed by atoms with van der Waals surface area (Å²) < 4.78 is 0. The summed E-state index contributed by atoms with van der Waals surface area (Å²) in [5.74, 6) is 0.654. The average molecular weight is 560 g/mol. The number of allylic oxidation sites excluding steroid dienone is 4. The van der Waals surface area contributed by atoms with Crippen LogP contribution in [0.25, 0.3) is 5.70 Å². The fourth-order valence-corrected chi connectivity index (χ4v) is 5.38. The average Bonchev–Trinajstić information content (AvgIpc) is 2.95. The maximum atomic E-state index is 12.7. The third kappa shape index (κ3) is 8.70. The van der Waals surface area contributed by atoms with Gasteiger partial charge in [-0.1, -0.05) is 43.8 Å². The van der Waals surface area contributed by atoms with Crippen LogP contribution >= 0.6 is 0 Å². The van der Waals surface area contributed by atoms with Gasteiger partial charge < -0.3 is 30.0 Å². The van der Waals surface area contributed by atoms with Crippen molar-refractivity contribution in [1.82, 2.24) is 14.7 Å². The van der Waals surface area contributed by atoms with E-state index in [1.165, 1.54) is 0 Å². The van der Waals surface area contributed by atoms with E-state index in [0.29, 0.717) is 19.1 Å². The maximum absolute atomic E-state index is 12.7. The Kier molecular flexibility index (Phi) is 10.3. The standard InChI is InChI=1S/C33H45N5O3/c1-25(35-41-21-15-26-12-16-37(17-13-26)19-20-39)27-14-18-38-30(23-27)10-7-11-31(38)28-8-6-9-29(22-28)34-32(40)36(5)24-33(2,3)4/h6-9,11,14,18,22-23,26,39H,12-13,15-17,19-21,24H2,1-5H3,(H,34,40). The Labute approximate surface area is 245 Å². The van der Waals surface area contributed by atoms with Gasteiger partial charge in [0.2, 0.25) is 0 Å². The summed E-state index contributed by atoms with van der Waals surface area (Å²) in [6, 6.07) is 7.78. The monoisotopic (exact) mass is 559 g/mol. The van der Waals surface area contributed by atoms with Crippen molar-refractivity contribution in [3.8, 4) is 0 Å². The van der Waals surface area contributed by atoms with Gasteiger partial charge in [0.25, 0.3) is 0 Å². The Morgan fingerprint density at radius 1 is 1.27 bits per heavy atom. The molecule has 0 bridgehead atoms. The Bertz CT molecular complexity index is 1270. The number of amides is 2. The van der Waals surface area contributed by atoms with Crippen LogP contribution in [0.1, 0.15) is 52.5 Å². The number of hydrogen-bond donors (Lipinski definition) is 2. The second-order valence-electron chi connectivity index (χ2n) is 12.3. The summed E-state index contributed by atoms with van der Waals surface area (Å²) in [5, 5.41) is 16.5. The molecule has 8 heteroatoms. The number of fused-ring (bicyclic) bond motifs is 1. The lowest BCUT2D eigenvalue weighted by Crippen LogP contribution is -2.37. The number of piperidine rings is 1. The Balaban J connectivity index is 1.32. The molecule has 1 fully saturated rings. The van der Waals surface area contributed by atoms with E-state index < -0.39 is 0 Å². The lowest BCUT2D eigenvalue weighted by Gasteiger charge is -2.31. The van der Waals surface area contributed by atoms with E-state index in [1.807, 2.05) is 62.7 Å². The molecule has 0 aliphatic carbocycles. The van der Waals surface area contributed by atoms with Crippen molar-refractivity contribution in [1.29, 1.82) is 0 Å². The highest BCUT2D eigenvalue weighted by atomic mass is 16.6. The number of nitrogens with one attached hydrogen (secondary N) is 1. The van der Waals surface area contributed by atoms with Gasteiger partial charge in [-0.05, 0) is 87.0 Å². The first-order chi connectivity index (χ1) is 19.6. The molecule has 41 heavy (non-hydrogen) atoms. The second kappa shape index (κ2) is 13.9. The number of aliphatic hydroxyl groups is 1. The van der Waals surface area contributed by atoms with Crippen LogP contribution in [-0.4, -0.2) is 78.0 Å². The zero-order chi connectivity index (χ0) is 29.4. The number of carbonyl (C=O) groups is 1. The van der Waals surface area contributed by atoms with Gasteiger partial charge in [0.1, 0.15) is 6.61 Å². The minimum atomic E-state index is -0.124. The Hall–Kier alpha value is -3.58. The van der Waals surface area contributed by atoms with Crippen molar-refractivity contribution >= 4 is 23.1 Å². The third-order valence-electron chi connectivity index (χ3n) is 7.51. The lowest BCUT2D eigenvalue weighted by molar-refractivity contribution is 0.101. The molecule has 220 valence electrons. The number of oxime groups is 1. The zero-order valence-corrected chi connectivity index (χ0v) is 25.2. The molecule has 8 nitrogen and oxygen atoms in total.